The first-order valence-corrected chi connectivity index (χ1v) is 26.1. The van der Waals surface area contributed by atoms with Crippen LogP contribution in [-0.4, -0.2) is 14.1 Å². The summed E-state index contributed by atoms with van der Waals surface area (Å²) in [7, 11) is 0. The largest absolute Gasteiger partial charge is 0.510 e. The molecule has 0 N–H and O–H groups in total. The molecule has 82 heavy (non-hydrogen) atoms. The van der Waals surface area contributed by atoms with Crippen molar-refractivity contribution in [3.8, 4) is 107 Å². The molecule has 0 amide bonds. The number of rotatable bonds is 8. The Balaban J connectivity index is 0.00000851. The van der Waals surface area contributed by atoms with Gasteiger partial charge in [0.15, 0.2) is 0 Å². The third-order valence-electron chi connectivity index (χ3n) is 14.7. The van der Waals surface area contributed by atoms with Crippen LogP contribution in [0.15, 0.2) is 261 Å². The first-order chi connectivity index (χ1) is 47.3. The summed E-state index contributed by atoms with van der Waals surface area (Å²) < 4.78 is 175. The molecule has 4 heterocycles. The van der Waals surface area contributed by atoms with E-state index in [1.54, 1.807) is 47.2 Å². The summed E-state index contributed by atoms with van der Waals surface area (Å²) >= 11 is 0. The van der Waals surface area contributed by atoms with E-state index in [4.69, 9.17) is 24.8 Å². The fraction of sp³-hybridized carbons (Fsp3) is 0.0526. The Morgan fingerprint density at radius 3 is 1.71 bits per heavy atom. The minimum absolute atomic E-state index is 0. The van der Waals surface area contributed by atoms with Gasteiger partial charge >= 0.3 is 0 Å². The Morgan fingerprint density at radius 2 is 1.04 bits per heavy atom. The van der Waals surface area contributed by atoms with E-state index in [9.17, 15) is 9.60 Å². The molecule has 1 aliphatic rings. The molecule has 0 fully saturated rings. The minimum atomic E-state index is -0.773. The fourth-order valence-corrected chi connectivity index (χ4v) is 10.9. The predicted molar refractivity (Wildman–Crippen MR) is 330 cm³/mol. The number of hydrogen-bond acceptors (Lipinski definition) is 2. The van der Waals surface area contributed by atoms with Crippen LogP contribution < -0.4 is 9.30 Å². The second-order valence-electron chi connectivity index (χ2n) is 20.5. The van der Waals surface area contributed by atoms with E-state index < -0.39 is 119 Å². The molecule has 0 spiro atoms. The second kappa shape index (κ2) is 20.5. The van der Waals surface area contributed by atoms with Crippen molar-refractivity contribution < 1.29 is 55.0 Å². The summed E-state index contributed by atoms with van der Waals surface area (Å²) in [5.41, 5.74) is 6.54. The maximum atomic E-state index is 10.3. The number of nitrogens with zero attached hydrogens (tertiary/aromatic N) is 4. The van der Waals surface area contributed by atoms with Crippen molar-refractivity contribution in [1.82, 2.24) is 14.1 Å². The summed E-state index contributed by atoms with van der Waals surface area (Å²) in [6.45, 7) is 6.32. The summed E-state index contributed by atoms with van der Waals surface area (Å²) in [6, 6.07) is 40.3. The molecule has 0 aliphatic carbocycles. The zero-order valence-corrected chi connectivity index (χ0v) is 46.2. The molecule has 0 saturated carbocycles. The van der Waals surface area contributed by atoms with E-state index in [-0.39, 0.29) is 66.8 Å². The summed E-state index contributed by atoms with van der Waals surface area (Å²) in [4.78, 5) is 4.86. The van der Waals surface area contributed by atoms with Crippen molar-refractivity contribution in [3.63, 3.8) is 0 Å². The molecule has 394 valence electrons. The smallest absolute Gasteiger partial charge is 0.268 e. The molecule has 3 aromatic heterocycles. The number of fused-ring (bicyclic) bond motifs is 10. The van der Waals surface area contributed by atoms with Crippen molar-refractivity contribution in [3.05, 3.63) is 285 Å². The van der Waals surface area contributed by atoms with Crippen LogP contribution in [0.2, 0.25) is 0 Å². The van der Waals surface area contributed by atoms with Gasteiger partial charge < -0.3 is 13.9 Å². The van der Waals surface area contributed by atoms with E-state index >= 15 is 0 Å². The molecule has 5 nitrogen and oxygen atoms in total. The quantitative estimate of drug-likeness (QED) is 0.112. The first-order valence-electron chi connectivity index (χ1n) is 35.1. The van der Waals surface area contributed by atoms with Crippen molar-refractivity contribution >= 4 is 32.8 Å². The van der Waals surface area contributed by atoms with Gasteiger partial charge in [-0.05, 0) is 136 Å². The molecule has 0 saturated heterocycles. The van der Waals surface area contributed by atoms with E-state index in [0.717, 1.165) is 27.8 Å². The minimum Gasteiger partial charge on any atom is -0.510 e. The van der Waals surface area contributed by atoms with Gasteiger partial charge in [-0.2, -0.15) is 18.2 Å². The topological polar surface area (TPSA) is 35.9 Å². The van der Waals surface area contributed by atoms with Crippen LogP contribution in [-0.2, 0) is 26.5 Å². The SMILES string of the molecule is [2H]c1c([2H])c([2H])c(-c2ccc3c(c2)c2ccc(Oc4[c-]c(-n5[c-][n+]6c7c(cccc75)-c5ccccc5-c5ccccc5-c5cccc(-c7c([2H])c(-c8c([2H])c([2H])c([2H])c([2H])c8[2H])c([2H])c(-c8c([2H])c([2H])c([2H])c([2H])c8[2H])c7[2H])c5-6)ccc4)[c-]c2n3-c2cc(C(C)(C)C)ccn2)c([2H])c1[2H].[Pt]. The molecular weight excluding hydrogens is 1180 g/mol. The average molecular weight is 1250 g/mol. The molecule has 0 bridgehead atoms. The van der Waals surface area contributed by atoms with Gasteiger partial charge in [-0.15, -0.1) is 29.7 Å². The van der Waals surface area contributed by atoms with Crippen LogP contribution in [0.3, 0.4) is 0 Å². The maximum absolute atomic E-state index is 10.3. The number of pyridine rings is 1. The Bertz CT molecular complexity index is 5720. The van der Waals surface area contributed by atoms with Gasteiger partial charge in [0.25, 0.3) is 6.33 Å². The third kappa shape index (κ3) is 8.77. The fourth-order valence-electron chi connectivity index (χ4n) is 10.9. The van der Waals surface area contributed by atoms with Crippen LogP contribution in [0.4, 0.5) is 0 Å². The number of hydrogen-bond donors (Lipinski definition) is 0. The standard InChI is InChI=1S/C76H52N4O.Pt/c1-76(2,3)57-40-41-77-73(46-57)80-70-39-36-53(50-20-7-4-8-21-50)45-69(70)66-38-37-60(48-72(66)80)81-59-27-17-26-58(47-59)78-49-79-74-61(56-43-54(51-22-9-5-10-23-51)42-55(44-56)52-24-11-6-12-25-52)32-18-33-67(74)64-30-15-13-28-62(64)63-29-14-16-31-65(63)68-34-19-35-71(78)75(68)79;/h4-46H,1-3H3;/q-2;/i4D,5D,6D,7D,8D,9D,10D,11D,12D,20D,21D,22D,23D,24D,25D,42D,43D,44D;. The molecule has 15 rings (SSSR count). The third-order valence-corrected chi connectivity index (χ3v) is 14.7. The summed E-state index contributed by atoms with van der Waals surface area (Å²) in [5.74, 6) is 1.12. The average Bonchev–Trinajstić information content (AvgIpc) is 1.48. The Hall–Kier alpha value is -9.67. The van der Waals surface area contributed by atoms with E-state index in [1.165, 1.54) is 0 Å². The molecule has 14 aromatic rings. The number of benzene rings is 11. The van der Waals surface area contributed by atoms with Crippen LogP contribution in [0.5, 0.6) is 11.5 Å². The molecular formula is C76H52N4OPt-2. The molecule has 0 radical (unpaired) electrons. The molecule has 0 atom stereocenters. The zero-order chi connectivity index (χ0) is 69.8. The maximum Gasteiger partial charge on any atom is 0.268 e. The van der Waals surface area contributed by atoms with Crippen molar-refractivity contribution in [2.24, 2.45) is 0 Å². The first kappa shape index (κ1) is 34.5. The van der Waals surface area contributed by atoms with Crippen molar-refractivity contribution in [2.75, 3.05) is 0 Å². The summed E-state index contributed by atoms with van der Waals surface area (Å²) in [5, 5.41) is 1.40. The van der Waals surface area contributed by atoms with E-state index in [1.807, 2.05) is 118 Å². The van der Waals surface area contributed by atoms with Crippen LogP contribution >= 0.6 is 0 Å². The van der Waals surface area contributed by atoms with Gasteiger partial charge in [-0.1, -0.05) is 214 Å². The molecule has 0 unspecified atom stereocenters. The van der Waals surface area contributed by atoms with Gasteiger partial charge in [-0.3, -0.25) is 4.57 Å². The van der Waals surface area contributed by atoms with Crippen LogP contribution in [0.1, 0.15) is 51.0 Å². The normalized spacial score (nSPS) is 14.8. The van der Waals surface area contributed by atoms with Gasteiger partial charge in [0.1, 0.15) is 5.82 Å². The van der Waals surface area contributed by atoms with Crippen LogP contribution in [0.25, 0.3) is 128 Å². The van der Waals surface area contributed by atoms with E-state index in [0.29, 0.717) is 66.7 Å². The van der Waals surface area contributed by atoms with Gasteiger partial charge in [-0.25, -0.2) is 4.98 Å². The summed E-state index contributed by atoms with van der Waals surface area (Å²) in [6.07, 6.45) is 5.40. The zero-order valence-electron chi connectivity index (χ0n) is 61.9. The van der Waals surface area contributed by atoms with Gasteiger partial charge in [0.2, 0.25) is 0 Å². The number of imidazole rings is 1. The molecule has 6 heteroatoms. The second-order valence-corrected chi connectivity index (χ2v) is 20.5. The number of aromatic nitrogens is 4. The van der Waals surface area contributed by atoms with Crippen LogP contribution in [0, 0.1) is 18.5 Å². The van der Waals surface area contributed by atoms with Gasteiger partial charge in [0.05, 0.1) is 41.4 Å². The monoisotopic (exact) mass is 1250 g/mol. The Labute approximate surface area is 517 Å². The molecule has 1 aliphatic heterocycles. The van der Waals surface area contributed by atoms with Gasteiger partial charge in [0, 0.05) is 44.3 Å². The number of ether oxygens (including phenoxy) is 1. The molecule has 11 aromatic carbocycles. The Kier molecular flexibility index (Phi) is 8.60. The van der Waals surface area contributed by atoms with E-state index in [2.05, 4.69) is 39.2 Å². The van der Waals surface area contributed by atoms with Crippen molar-refractivity contribution in [2.45, 2.75) is 26.2 Å². The van der Waals surface area contributed by atoms with Crippen molar-refractivity contribution in [1.29, 1.82) is 0 Å². The predicted octanol–water partition coefficient (Wildman–Crippen LogP) is 18.9. The Morgan fingerprint density at radius 1 is 0.476 bits per heavy atom. The number of para-hydroxylation sites is 2.